The van der Waals surface area contributed by atoms with Gasteiger partial charge in [-0.3, -0.25) is 4.79 Å². The van der Waals surface area contributed by atoms with Crippen LogP contribution in [0.15, 0.2) is 0 Å². The highest BCUT2D eigenvalue weighted by atomic mass is 32.2. The summed E-state index contributed by atoms with van der Waals surface area (Å²) < 4.78 is 62.0. The van der Waals surface area contributed by atoms with Gasteiger partial charge in [0.15, 0.2) is 0 Å². The van der Waals surface area contributed by atoms with E-state index >= 15 is 0 Å². The second-order valence-electron chi connectivity index (χ2n) is 4.73. The number of rotatable bonds is 5. The number of carboxylic acids is 1. The zero-order valence-corrected chi connectivity index (χ0v) is 10.9. The lowest BCUT2D eigenvalue weighted by Crippen LogP contribution is -2.51. The third kappa shape index (κ3) is 4.32. The molecule has 10 heteroatoms. The zero-order chi connectivity index (χ0) is 14.9. The third-order valence-corrected chi connectivity index (χ3v) is 4.33. The number of alkyl halides is 3. The summed E-state index contributed by atoms with van der Waals surface area (Å²) in [6, 6.07) is -0.921. The Kier molecular flexibility index (Phi) is 4.47. The molecule has 0 aromatic rings. The highest BCUT2D eigenvalue weighted by Gasteiger charge is 2.47. The smallest absolute Gasteiger partial charge is 0.402 e. The monoisotopic (exact) mass is 304 g/mol. The maximum atomic E-state index is 11.9. The summed E-state index contributed by atoms with van der Waals surface area (Å²) in [4.78, 5) is 11.1. The van der Waals surface area contributed by atoms with Crippen LogP contribution in [-0.2, 0) is 15.0 Å². The van der Waals surface area contributed by atoms with Crippen LogP contribution >= 0.6 is 0 Å². The minimum absolute atomic E-state index is 0.273. The van der Waals surface area contributed by atoms with Crippen molar-refractivity contribution in [1.82, 2.24) is 9.44 Å². The number of carbonyl (C=O) groups is 1. The molecular weight excluding hydrogens is 289 g/mol. The molecule has 2 unspecified atom stereocenters. The van der Waals surface area contributed by atoms with Gasteiger partial charge in [0.25, 0.3) is 10.2 Å². The molecule has 112 valence electrons. The Bertz CT molecular complexity index is 451. The van der Waals surface area contributed by atoms with E-state index < -0.39 is 40.4 Å². The Morgan fingerprint density at radius 1 is 1.47 bits per heavy atom. The van der Waals surface area contributed by atoms with Gasteiger partial charge in [-0.25, -0.2) is 0 Å². The van der Waals surface area contributed by atoms with Crippen molar-refractivity contribution in [2.75, 3.05) is 6.54 Å². The zero-order valence-electron chi connectivity index (χ0n) is 10.1. The number of nitrogens with one attached hydrogen (secondary N) is 2. The number of hydrogen-bond acceptors (Lipinski definition) is 3. The highest BCUT2D eigenvalue weighted by Crippen LogP contribution is 2.38. The second-order valence-corrected chi connectivity index (χ2v) is 6.26. The van der Waals surface area contributed by atoms with Crippen molar-refractivity contribution in [3.63, 3.8) is 0 Å². The first-order valence-electron chi connectivity index (χ1n) is 5.53. The molecule has 0 bridgehead atoms. The number of halogens is 3. The van der Waals surface area contributed by atoms with Gasteiger partial charge in [0.2, 0.25) is 0 Å². The lowest BCUT2D eigenvalue weighted by atomic mass is 9.85. The molecule has 0 radical (unpaired) electrons. The fourth-order valence-corrected chi connectivity index (χ4v) is 3.21. The first-order chi connectivity index (χ1) is 8.46. The van der Waals surface area contributed by atoms with Crippen LogP contribution in [0.5, 0.6) is 0 Å². The van der Waals surface area contributed by atoms with Gasteiger partial charge in [-0.2, -0.15) is 31.0 Å². The lowest BCUT2D eigenvalue weighted by molar-refractivity contribution is -0.148. The Morgan fingerprint density at radius 3 is 2.53 bits per heavy atom. The molecule has 0 aromatic carbocycles. The van der Waals surface area contributed by atoms with Crippen LogP contribution in [0.1, 0.15) is 26.2 Å². The van der Waals surface area contributed by atoms with Crippen molar-refractivity contribution < 1.29 is 31.5 Å². The summed E-state index contributed by atoms with van der Waals surface area (Å²) in [6.07, 6.45) is -3.62. The Morgan fingerprint density at radius 2 is 2.05 bits per heavy atom. The van der Waals surface area contributed by atoms with Crippen molar-refractivity contribution in [2.45, 2.75) is 38.4 Å². The van der Waals surface area contributed by atoms with E-state index in [2.05, 4.69) is 0 Å². The molecule has 1 rings (SSSR count). The number of carboxylic acid groups (broad SMARTS) is 1. The normalized spacial score (nSPS) is 28.5. The van der Waals surface area contributed by atoms with Crippen molar-refractivity contribution in [1.29, 1.82) is 0 Å². The van der Waals surface area contributed by atoms with Crippen LogP contribution in [0.4, 0.5) is 13.2 Å². The van der Waals surface area contributed by atoms with E-state index in [1.165, 1.54) is 11.6 Å². The Balaban J connectivity index is 2.71. The summed E-state index contributed by atoms with van der Waals surface area (Å²) >= 11 is 0. The van der Waals surface area contributed by atoms with Crippen LogP contribution < -0.4 is 9.44 Å². The molecule has 0 amide bonds. The number of hydrogen-bond donors (Lipinski definition) is 3. The van der Waals surface area contributed by atoms with Gasteiger partial charge in [-0.15, -0.1) is 0 Å². The van der Waals surface area contributed by atoms with E-state index in [0.29, 0.717) is 6.42 Å². The van der Waals surface area contributed by atoms with Gasteiger partial charge >= 0.3 is 12.1 Å². The summed E-state index contributed by atoms with van der Waals surface area (Å²) in [5.74, 6) is -1.17. The second kappa shape index (κ2) is 5.25. The predicted octanol–water partition coefficient (Wildman–Crippen LogP) is 0.616. The topological polar surface area (TPSA) is 95.5 Å². The maximum absolute atomic E-state index is 11.9. The Labute approximate surface area is 108 Å². The van der Waals surface area contributed by atoms with E-state index in [9.17, 15) is 26.4 Å². The first-order valence-corrected chi connectivity index (χ1v) is 7.02. The van der Waals surface area contributed by atoms with Crippen molar-refractivity contribution in [3.05, 3.63) is 0 Å². The van der Waals surface area contributed by atoms with Crippen LogP contribution in [0, 0.1) is 5.41 Å². The molecule has 1 fully saturated rings. The van der Waals surface area contributed by atoms with Gasteiger partial charge in [-0.1, -0.05) is 6.42 Å². The highest BCUT2D eigenvalue weighted by molar-refractivity contribution is 7.87. The SMILES string of the molecule is CC1(C(=O)O)CCCC1NS(=O)(=O)NCC(F)(F)F. The molecule has 1 aliphatic carbocycles. The van der Waals surface area contributed by atoms with E-state index in [0.717, 1.165) is 0 Å². The predicted molar refractivity (Wildman–Crippen MR) is 59.5 cm³/mol. The molecule has 0 spiro atoms. The van der Waals surface area contributed by atoms with Gasteiger partial charge < -0.3 is 5.11 Å². The van der Waals surface area contributed by atoms with E-state index in [-0.39, 0.29) is 12.8 Å². The third-order valence-electron chi connectivity index (χ3n) is 3.21. The van der Waals surface area contributed by atoms with E-state index in [1.54, 1.807) is 0 Å². The fourth-order valence-electron chi connectivity index (χ4n) is 2.02. The molecule has 0 aromatic heterocycles. The van der Waals surface area contributed by atoms with Crippen molar-refractivity contribution >= 4 is 16.2 Å². The number of aliphatic carboxylic acids is 1. The average Bonchev–Trinajstić information content (AvgIpc) is 2.58. The molecule has 6 nitrogen and oxygen atoms in total. The Hall–Kier alpha value is -0.870. The molecule has 0 aliphatic heterocycles. The van der Waals surface area contributed by atoms with Gasteiger partial charge in [0.05, 0.1) is 5.41 Å². The summed E-state index contributed by atoms with van der Waals surface area (Å²) in [5.41, 5.74) is -1.30. The standard InChI is InChI=1S/C9H15F3N2O4S/c1-8(7(15)16)4-2-3-6(8)14-19(17,18)13-5-9(10,11)12/h6,13-14H,2-5H2,1H3,(H,15,16). The molecule has 19 heavy (non-hydrogen) atoms. The van der Waals surface area contributed by atoms with Gasteiger partial charge in [0, 0.05) is 6.04 Å². The van der Waals surface area contributed by atoms with Crippen LogP contribution in [0.3, 0.4) is 0 Å². The van der Waals surface area contributed by atoms with Crippen molar-refractivity contribution in [2.24, 2.45) is 5.41 Å². The van der Waals surface area contributed by atoms with Crippen LogP contribution in [-0.4, -0.2) is 38.3 Å². The minimum atomic E-state index is -4.67. The lowest BCUT2D eigenvalue weighted by Gasteiger charge is -2.27. The fraction of sp³-hybridized carbons (Fsp3) is 0.889. The van der Waals surface area contributed by atoms with Gasteiger partial charge in [0.1, 0.15) is 6.54 Å². The molecule has 3 N–H and O–H groups in total. The molecule has 1 saturated carbocycles. The maximum Gasteiger partial charge on any atom is 0.402 e. The largest absolute Gasteiger partial charge is 0.481 e. The van der Waals surface area contributed by atoms with Gasteiger partial charge in [-0.05, 0) is 19.8 Å². The molecule has 0 saturated heterocycles. The van der Waals surface area contributed by atoms with E-state index in [4.69, 9.17) is 5.11 Å². The molecule has 2 atom stereocenters. The molecular formula is C9H15F3N2O4S. The average molecular weight is 304 g/mol. The summed E-state index contributed by atoms with van der Waals surface area (Å²) in [7, 11) is -4.39. The van der Waals surface area contributed by atoms with Crippen LogP contribution in [0.2, 0.25) is 0 Å². The van der Waals surface area contributed by atoms with Crippen LogP contribution in [0.25, 0.3) is 0 Å². The minimum Gasteiger partial charge on any atom is -0.481 e. The van der Waals surface area contributed by atoms with Crippen molar-refractivity contribution in [3.8, 4) is 0 Å². The first kappa shape index (κ1) is 16.2. The molecule has 0 heterocycles. The molecule has 1 aliphatic rings. The van der Waals surface area contributed by atoms with E-state index in [1.807, 2.05) is 4.72 Å². The quantitative estimate of drug-likeness (QED) is 0.693. The summed E-state index contributed by atoms with van der Waals surface area (Å²) in [5, 5.41) is 9.06. The summed E-state index contributed by atoms with van der Waals surface area (Å²) in [6.45, 7) is -0.321.